The van der Waals surface area contributed by atoms with Gasteiger partial charge in [0.1, 0.15) is 18.1 Å². The van der Waals surface area contributed by atoms with E-state index in [9.17, 15) is 24.3 Å². The van der Waals surface area contributed by atoms with Crippen LogP contribution in [0.1, 0.15) is 73.6 Å². The van der Waals surface area contributed by atoms with Crippen LogP contribution in [0.5, 0.6) is 0 Å². The number of nitrogens with zero attached hydrogens (tertiary/aromatic N) is 1. The molecule has 208 valence electrons. The third-order valence-electron chi connectivity index (χ3n) is 6.21. The van der Waals surface area contributed by atoms with E-state index in [0.29, 0.717) is 38.6 Å². The number of hydrogen-bond acceptors (Lipinski definition) is 6. The van der Waals surface area contributed by atoms with Crippen molar-refractivity contribution in [1.29, 1.82) is 0 Å². The summed E-state index contributed by atoms with van der Waals surface area (Å²) in [7, 11) is 0. The first-order valence-electron chi connectivity index (χ1n) is 12.7. The number of nitrogens with two attached hydrogens (primary N) is 3. The zero-order valence-electron chi connectivity index (χ0n) is 22.5. The van der Waals surface area contributed by atoms with Gasteiger partial charge in [0, 0.05) is 6.54 Å². The Bertz CT molecular complexity index is 755. The highest BCUT2D eigenvalue weighted by molar-refractivity contribution is 5.94. The van der Waals surface area contributed by atoms with Gasteiger partial charge in [0.05, 0.1) is 6.04 Å². The van der Waals surface area contributed by atoms with Gasteiger partial charge in [0.25, 0.3) is 0 Å². The van der Waals surface area contributed by atoms with Crippen molar-refractivity contribution in [2.75, 3.05) is 6.54 Å². The number of carbonyl (C=O) groups is 4. The highest BCUT2D eigenvalue weighted by Crippen LogP contribution is 2.13. The fraction of sp³-hybridized carbons (Fsp3) is 0.792. The Kier molecular flexibility index (Phi) is 15.4. The first-order chi connectivity index (χ1) is 16.7. The lowest BCUT2D eigenvalue weighted by Gasteiger charge is -2.29. The van der Waals surface area contributed by atoms with Crippen molar-refractivity contribution in [3.05, 3.63) is 0 Å². The monoisotopic (exact) mass is 513 g/mol. The normalized spacial score (nSPS) is 16.1. The van der Waals surface area contributed by atoms with Gasteiger partial charge in [-0.1, -0.05) is 54.4 Å². The Morgan fingerprint density at radius 2 is 1.36 bits per heavy atom. The van der Waals surface area contributed by atoms with Crippen LogP contribution in [0, 0.1) is 17.8 Å². The second-order valence-electron chi connectivity index (χ2n) is 9.83. The molecule has 0 aliphatic carbocycles. The highest BCUT2D eigenvalue weighted by atomic mass is 16.4. The molecule has 12 nitrogen and oxygen atoms in total. The van der Waals surface area contributed by atoms with Gasteiger partial charge < -0.3 is 38.3 Å². The quantitative estimate of drug-likeness (QED) is 0.0798. The summed E-state index contributed by atoms with van der Waals surface area (Å²) < 4.78 is 0. The second-order valence-corrected chi connectivity index (χ2v) is 9.83. The first kappa shape index (κ1) is 33.1. The van der Waals surface area contributed by atoms with E-state index in [2.05, 4.69) is 20.9 Å². The summed E-state index contributed by atoms with van der Waals surface area (Å²) >= 11 is 0. The number of carbonyl (C=O) groups excluding carboxylic acids is 3. The van der Waals surface area contributed by atoms with Crippen molar-refractivity contribution >= 4 is 29.7 Å². The van der Waals surface area contributed by atoms with Gasteiger partial charge >= 0.3 is 5.97 Å². The topological polar surface area (TPSA) is 215 Å². The van der Waals surface area contributed by atoms with Crippen molar-refractivity contribution in [2.45, 2.75) is 97.8 Å². The smallest absolute Gasteiger partial charge is 0.326 e. The Morgan fingerprint density at radius 1 is 0.833 bits per heavy atom. The van der Waals surface area contributed by atoms with Crippen molar-refractivity contribution in [2.24, 2.45) is 39.9 Å². The molecule has 3 amide bonds. The van der Waals surface area contributed by atoms with Crippen LogP contribution in [0.25, 0.3) is 0 Å². The Balaban J connectivity index is 5.49. The number of rotatable bonds is 17. The second kappa shape index (κ2) is 16.7. The van der Waals surface area contributed by atoms with Crippen LogP contribution < -0.4 is 33.2 Å². The molecule has 0 radical (unpaired) electrons. The average Bonchev–Trinajstić information content (AvgIpc) is 2.80. The third-order valence-corrected chi connectivity index (χ3v) is 6.21. The molecule has 6 unspecified atom stereocenters. The van der Waals surface area contributed by atoms with Crippen molar-refractivity contribution in [3.63, 3.8) is 0 Å². The summed E-state index contributed by atoms with van der Waals surface area (Å²) in [6, 6.07) is -3.81. The van der Waals surface area contributed by atoms with E-state index in [1.807, 2.05) is 27.7 Å². The standard InChI is InChI=1S/C24H47N7O5/c1-7-14(5)18(22(34)31-19(23(35)36)15(6)8-2)30-21(33)17(12-13(3)4)29-20(32)16(25)10-9-11-28-24(26)27/h13-19H,7-12,25H2,1-6H3,(H,29,32)(H,30,33)(H,31,34)(H,35,36)(H4,26,27,28). The van der Waals surface area contributed by atoms with E-state index in [1.165, 1.54) is 0 Å². The van der Waals surface area contributed by atoms with Crippen LogP contribution >= 0.6 is 0 Å². The van der Waals surface area contributed by atoms with Crippen LogP contribution in [0.4, 0.5) is 0 Å². The van der Waals surface area contributed by atoms with E-state index < -0.39 is 47.9 Å². The molecule has 0 aromatic carbocycles. The third kappa shape index (κ3) is 12.2. The summed E-state index contributed by atoms with van der Waals surface area (Å²) in [6.45, 7) is 11.4. The zero-order valence-corrected chi connectivity index (χ0v) is 22.5. The number of guanidine groups is 1. The maximum Gasteiger partial charge on any atom is 0.326 e. The molecular formula is C24H47N7O5. The van der Waals surface area contributed by atoms with E-state index in [-0.39, 0.29) is 23.7 Å². The Morgan fingerprint density at radius 3 is 1.83 bits per heavy atom. The minimum Gasteiger partial charge on any atom is -0.480 e. The van der Waals surface area contributed by atoms with Crippen LogP contribution in [0.3, 0.4) is 0 Å². The molecule has 0 aliphatic rings. The molecule has 0 saturated carbocycles. The summed E-state index contributed by atoms with van der Waals surface area (Å²) in [5, 5.41) is 17.6. The molecule has 0 spiro atoms. The van der Waals surface area contributed by atoms with Crippen molar-refractivity contribution < 1.29 is 24.3 Å². The molecule has 6 atom stereocenters. The van der Waals surface area contributed by atoms with Crippen LogP contribution in [0.2, 0.25) is 0 Å². The van der Waals surface area contributed by atoms with E-state index in [1.54, 1.807) is 13.8 Å². The Hall–Kier alpha value is -2.89. The van der Waals surface area contributed by atoms with Gasteiger partial charge in [-0.25, -0.2) is 4.79 Å². The van der Waals surface area contributed by atoms with Crippen molar-refractivity contribution in [1.82, 2.24) is 16.0 Å². The minimum absolute atomic E-state index is 0.0413. The largest absolute Gasteiger partial charge is 0.480 e. The number of aliphatic imine (C=N–C) groups is 1. The SMILES string of the molecule is CCC(C)C(NC(=O)C(NC(=O)C(CC(C)C)NC(=O)C(N)CCCN=C(N)N)C(C)CC)C(=O)O. The fourth-order valence-corrected chi connectivity index (χ4v) is 3.51. The fourth-order valence-electron chi connectivity index (χ4n) is 3.51. The molecule has 0 aromatic rings. The van der Waals surface area contributed by atoms with Crippen LogP contribution in [-0.4, -0.2) is 65.5 Å². The van der Waals surface area contributed by atoms with Crippen LogP contribution in [-0.2, 0) is 19.2 Å². The maximum atomic E-state index is 13.2. The van der Waals surface area contributed by atoms with E-state index >= 15 is 0 Å². The minimum atomic E-state index is -1.13. The number of hydrogen-bond donors (Lipinski definition) is 7. The lowest BCUT2D eigenvalue weighted by Crippen LogP contribution is -2.59. The average molecular weight is 514 g/mol. The van der Waals surface area contributed by atoms with Gasteiger partial charge in [0.15, 0.2) is 5.96 Å². The molecular weight excluding hydrogens is 466 g/mol. The molecule has 0 rings (SSSR count). The highest BCUT2D eigenvalue weighted by Gasteiger charge is 2.34. The van der Waals surface area contributed by atoms with Gasteiger partial charge in [-0.3, -0.25) is 19.4 Å². The lowest BCUT2D eigenvalue weighted by molar-refractivity contribution is -0.144. The summed E-state index contributed by atoms with van der Waals surface area (Å²) in [5.74, 6) is -3.26. The van der Waals surface area contributed by atoms with Gasteiger partial charge in [-0.15, -0.1) is 0 Å². The molecule has 10 N–H and O–H groups in total. The predicted molar refractivity (Wildman–Crippen MR) is 140 cm³/mol. The molecule has 0 saturated heterocycles. The predicted octanol–water partition coefficient (Wildman–Crippen LogP) is 0.0446. The molecule has 36 heavy (non-hydrogen) atoms. The number of carboxylic acid groups (broad SMARTS) is 1. The van der Waals surface area contributed by atoms with Gasteiger partial charge in [-0.05, 0) is 37.0 Å². The summed E-state index contributed by atoms with van der Waals surface area (Å²) in [5.41, 5.74) is 16.6. The number of carboxylic acids is 1. The molecule has 12 heteroatoms. The number of nitrogens with one attached hydrogen (secondary N) is 3. The van der Waals surface area contributed by atoms with Crippen molar-refractivity contribution in [3.8, 4) is 0 Å². The van der Waals surface area contributed by atoms with Gasteiger partial charge in [0.2, 0.25) is 17.7 Å². The summed E-state index contributed by atoms with van der Waals surface area (Å²) in [6.07, 6.45) is 2.28. The molecule has 0 heterocycles. The Labute approximate surface area is 214 Å². The maximum absolute atomic E-state index is 13.2. The molecule has 0 fully saturated rings. The molecule has 0 aliphatic heterocycles. The summed E-state index contributed by atoms with van der Waals surface area (Å²) in [4.78, 5) is 54.5. The first-order valence-corrected chi connectivity index (χ1v) is 12.7. The lowest BCUT2D eigenvalue weighted by atomic mass is 9.94. The molecule has 0 bridgehead atoms. The van der Waals surface area contributed by atoms with E-state index in [4.69, 9.17) is 17.2 Å². The van der Waals surface area contributed by atoms with Crippen LogP contribution in [0.15, 0.2) is 4.99 Å². The number of amides is 3. The zero-order chi connectivity index (χ0) is 28.0. The van der Waals surface area contributed by atoms with Gasteiger partial charge in [-0.2, -0.15) is 0 Å². The molecule has 0 aromatic heterocycles. The van der Waals surface area contributed by atoms with E-state index in [0.717, 1.165) is 0 Å². The number of aliphatic carboxylic acids is 1.